The van der Waals surface area contributed by atoms with Crippen molar-refractivity contribution in [3.8, 4) is 5.75 Å². The van der Waals surface area contributed by atoms with E-state index in [1.807, 2.05) is 72.8 Å². The van der Waals surface area contributed by atoms with Crippen molar-refractivity contribution in [2.75, 3.05) is 12.0 Å². The summed E-state index contributed by atoms with van der Waals surface area (Å²) in [5.74, 6) is -1.05. The van der Waals surface area contributed by atoms with Gasteiger partial charge in [0.25, 0.3) is 0 Å². The molecule has 0 unspecified atom stereocenters. The van der Waals surface area contributed by atoms with Crippen LogP contribution in [0.4, 0.5) is 5.69 Å². The maximum Gasteiger partial charge on any atom is 0.238 e. The number of imide groups is 1. The zero-order chi connectivity index (χ0) is 21.4. The largest absolute Gasteiger partial charge is 0.495 e. The number of rotatable bonds is 4. The summed E-state index contributed by atoms with van der Waals surface area (Å²) in [7, 11) is 1.55. The molecule has 1 aliphatic carbocycles. The van der Waals surface area contributed by atoms with E-state index in [0.717, 1.165) is 11.1 Å². The number of hydrogen-bond acceptors (Lipinski definition) is 3. The van der Waals surface area contributed by atoms with Crippen LogP contribution in [0.3, 0.4) is 0 Å². The highest BCUT2D eigenvalue weighted by Gasteiger charge is 2.55. The minimum Gasteiger partial charge on any atom is -0.495 e. The molecule has 31 heavy (non-hydrogen) atoms. The van der Waals surface area contributed by atoms with Gasteiger partial charge in [0.15, 0.2) is 0 Å². The molecule has 0 radical (unpaired) electrons. The van der Waals surface area contributed by atoms with Gasteiger partial charge in [-0.15, -0.1) is 0 Å². The Hall–Kier alpha value is -3.66. The summed E-state index contributed by atoms with van der Waals surface area (Å²) < 4.78 is 5.47. The lowest BCUT2D eigenvalue weighted by Crippen LogP contribution is -2.32. The molecule has 3 aromatic carbocycles. The van der Waals surface area contributed by atoms with Crippen LogP contribution in [0.2, 0.25) is 0 Å². The van der Waals surface area contributed by atoms with Crippen molar-refractivity contribution in [1.29, 1.82) is 0 Å². The van der Waals surface area contributed by atoms with Gasteiger partial charge < -0.3 is 4.74 Å². The first-order valence-corrected chi connectivity index (χ1v) is 10.5. The lowest BCUT2D eigenvalue weighted by atomic mass is 9.68. The second-order valence-electron chi connectivity index (χ2n) is 7.99. The predicted molar refractivity (Wildman–Crippen MR) is 120 cm³/mol. The molecule has 4 atom stereocenters. The monoisotopic (exact) mass is 409 g/mol. The highest BCUT2D eigenvalue weighted by Crippen LogP contribution is 2.51. The van der Waals surface area contributed by atoms with Crippen molar-refractivity contribution in [3.63, 3.8) is 0 Å². The molecule has 2 amide bonds. The molecule has 0 saturated carbocycles. The predicted octanol–water partition coefficient (Wildman–Crippen LogP) is 4.94. The number of ether oxygens (including phenoxy) is 1. The number of carbonyl (C=O) groups excluding carboxylic acids is 2. The molecular formula is C27H23NO3. The van der Waals surface area contributed by atoms with E-state index in [9.17, 15) is 9.59 Å². The molecule has 2 aliphatic rings. The summed E-state index contributed by atoms with van der Waals surface area (Å²) in [5, 5.41) is 0. The topological polar surface area (TPSA) is 46.6 Å². The Morgan fingerprint density at radius 1 is 0.645 bits per heavy atom. The number of anilines is 1. The van der Waals surface area contributed by atoms with Gasteiger partial charge in [-0.3, -0.25) is 9.59 Å². The summed E-state index contributed by atoms with van der Waals surface area (Å²) >= 11 is 0. The third-order valence-electron chi connectivity index (χ3n) is 6.39. The average Bonchev–Trinajstić information content (AvgIpc) is 3.10. The number of allylic oxidation sites excluding steroid dienone is 2. The number of para-hydroxylation sites is 2. The first kappa shape index (κ1) is 19.3. The highest BCUT2D eigenvalue weighted by atomic mass is 16.5. The molecular weight excluding hydrogens is 386 g/mol. The Morgan fingerprint density at radius 2 is 1.10 bits per heavy atom. The van der Waals surface area contributed by atoms with Gasteiger partial charge >= 0.3 is 0 Å². The Kier molecular flexibility index (Phi) is 4.91. The molecule has 1 fully saturated rings. The summed E-state index contributed by atoms with van der Waals surface area (Å²) in [5.41, 5.74) is 2.60. The van der Waals surface area contributed by atoms with Crippen molar-refractivity contribution in [3.05, 3.63) is 108 Å². The van der Waals surface area contributed by atoms with Crippen molar-refractivity contribution in [2.24, 2.45) is 11.8 Å². The highest BCUT2D eigenvalue weighted by molar-refractivity contribution is 6.23. The molecule has 0 bridgehead atoms. The van der Waals surface area contributed by atoms with Crippen molar-refractivity contribution >= 4 is 17.5 Å². The first-order chi connectivity index (χ1) is 15.2. The van der Waals surface area contributed by atoms with Crippen LogP contribution < -0.4 is 9.64 Å². The fourth-order valence-electron chi connectivity index (χ4n) is 4.99. The number of nitrogens with zero attached hydrogens (tertiary/aromatic N) is 1. The van der Waals surface area contributed by atoms with E-state index >= 15 is 0 Å². The fourth-order valence-corrected chi connectivity index (χ4v) is 4.99. The van der Waals surface area contributed by atoms with Crippen LogP contribution in [-0.2, 0) is 9.59 Å². The van der Waals surface area contributed by atoms with Gasteiger partial charge in [0, 0.05) is 11.8 Å². The summed E-state index contributed by atoms with van der Waals surface area (Å²) in [4.78, 5) is 28.9. The maximum atomic E-state index is 13.8. The third-order valence-corrected chi connectivity index (χ3v) is 6.39. The standard InChI is InChI=1S/C27H23NO3/c1-31-23-15-9-8-14-22(23)28-26(29)24-20(18-10-4-2-5-11-18)16-17-21(25(24)27(28)30)19-12-6-3-7-13-19/h2-17,20-21,24-25H,1H3/t20-,21-,24+,25+/m0/s1. The number of methoxy groups -OCH3 is 1. The lowest BCUT2D eigenvalue weighted by molar-refractivity contribution is -0.122. The molecule has 4 nitrogen and oxygen atoms in total. The minimum atomic E-state index is -0.463. The van der Waals surface area contributed by atoms with Crippen LogP contribution in [0.1, 0.15) is 23.0 Å². The fraction of sp³-hybridized carbons (Fsp3) is 0.185. The molecule has 1 aliphatic heterocycles. The van der Waals surface area contributed by atoms with Crippen LogP contribution >= 0.6 is 0 Å². The Labute approximate surface area is 181 Å². The SMILES string of the molecule is COc1ccccc1N1C(=O)[C@H]2[C@H](C1=O)[C@H](c1ccccc1)C=C[C@H]2c1ccccc1. The summed E-state index contributed by atoms with van der Waals surface area (Å²) in [6.45, 7) is 0. The van der Waals surface area contributed by atoms with Crippen LogP contribution in [-0.4, -0.2) is 18.9 Å². The van der Waals surface area contributed by atoms with Gasteiger partial charge in [0.2, 0.25) is 11.8 Å². The van der Waals surface area contributed by atoms with Crippen molar-refractivity contribution in [1.82, 2.24) is 0 Å². The number of amides is 2. The molecule has 4 heteroatoms. The van der Waals surface area contributed by atoms with Crippen molar-refractivity contribution in [2.45, 2.75) is 11.8 Å². The third kappa shape index (κ3) is 3.15. The van der Waals surface area contributed by atoms with Crippen molar-refractivity contribution < 1.29 is 14.3 Å². The normalized spacial score (nSPS) is 24.9. The Balaban J connectivity index is 1.65. The lowest BCUT2D eigenvalue weighted by Gasteiger charge is -2.32. The molecule has 1 saturated heterocycles. The van der Waals surface area contributed by atoms with E-state index in [1.54, 1.807) is 19.2 Å². The van der Waals surface area contributed by atoms with Gasteiger partial charge in [-0.2, -0.15) is 0 Å². The quantitative estimate of drug-likeness (QED) is 0.453. The Morgan fingerprint density at radius 3 is 1.58 bits per heavy atom. The van der Waals surface area contributed by atoms with E-state index in [-0.39, 0.29) is 23.7 Å². The molecule has 0 N–H and O–H groups in total. The van der Waals surface area contributed by atoms with Gasteiger partial charge in [-0.25, -0.2) is 4.90 Å². The van der Waals surface area contributed by atoms with Gasteiger partial charge in [0.05, 0.1) is 24.6 Å². The van der Waals surface area contributed by atoms with E-state index in [0.29, 0.717) is 11.4 Å². The van der Waals surface area contributed by atoms with E-state index in [2.05, 4.69) is 12.2 Å². The number of hydrogen-bond donors (Lipinski definition) is 0. The maximum absolute atomic E-state index is 13.8. The summed E-state index contributed by atoms with van der Waals surface area (Å²) in [6, 6.07) is 27.1. The number of carbonyl (C=O) groups is 2. The van der Waals surface area contributed by atoms with E-state index in [1.165, 1.54) is 4.90 Å². The molecule has 0 aromatic heterocycles. The van der Waals surface area contributed by atoms with E-state index < -0.39 is 11.8 Å². The number of fused-ring (bicyclic) bond motifs is 1. The molecule has 154 valence electrons. The molecule has 5 rings (SSSR count). The Bertz CT molecular complexity index is 1070. The van der Waals surface area contributed by atoms with E-state index in [4.69, 9.17) is 4.74 Å². The minimum absolute atomic E-state index is 0.151. The second kappa shape index (κ2) is 7.88. The zero-order valence-corrected chi connectivity index (χ0v) is 17.2. The van der Waals surface area contributed by atoms with Crippen LogP contribution in [0.15, 0.2) is 97.1 Å². The smallest absolute Gasteiger partial charge is 0.238 e. The van der Waals surface area contributed by atoms with Gasteiger partial charge in [-0.1, -0.05) is 84.9 Å². The number of benzene rings is 3. The zero-order valence-electron chi connectivity index (χ0n) is 17.2. The summed E-state index contributed by atoms with van der Waals surface area (Å²) in [6.07, 6.45) is 4.20. The van der Waals surface area contributed by atoms with Crippen LogP contribution in [0.5, 0.6) is 5.75 Å². The van der Waals surface area contributed by atoms with Gasteiger partial charge in [0.1, 0.15) is 5.75 Å². The molecule has 3 aromatic rings. The second-order valence-corrected chi connectivity index (χ2v) is 7.99. The van der Waals surface area contributed by atoms with Crippen LogP contribution in [0, 0.1) is 11.8 Å². The van der Waals surface area contributed by atoms with Crippen LogP contribution in [0.25, 0.3) is 0 Å². The molecule has 1 heterocycles. The first-order valence-electron chi connectivity index (χ1n) is 10.5. The average molecular weight is 409 g/mol. The van der Waals surface area contributed by atoms with Gasteiger partial charge in [-0.05, 0) is 23.3 Å². The molecule has 0 spiro atoms.